The Bertz CT molecular complexity index is 535. The summed E-state index contributed by atoms with van der Waals surface area (Å²) < 4.78 is 32.8. The second-order valence-electron chi connectivity index (χ2n) is 4.89. The summed E-state index contributed by atoms with van der Waals surface area (Å²) in [7, 11) is -3.56. The number of nitrogens with zero attached hydrogens (tertiary/aromatic N) is 1. The lowest BCUT2D eigenvalue weighted by molar-refractivity contribution is 0.114. The van der Waals surface area contributed by atoms with Crippen LogP contribution in [0.3, 0.4) is 0 Å². The number of aryl methyl sites for hydroxylation is 1. The lowest BCUT2D eigenvalue weighted by Crippen LogP contribution is -2.32. The van der Waals surface area contributed by atoms with E-state index in [2.05, 4.69) is 20.2 Å². The van der Waals surface area contributed by atoms with Gasteiger partial charge in [0.2, 0.25) is 10.0 Å². The first-order chi connectivity index (χ1) is 9.54. The van der Waals surface area contributed by atoms with Gasteiger partial charge in [0.1, 0.15) is 4.90 Å². The summed E-state index contributed by atoms with van der Waals surface area (Å²) in [6.07, 6.45) is 1.87. The van der Waals surface area contributed by atoms with Crippen LogP contribution in [0.15, 0.2) is 4.90 Å². The highest BCUT2D eigenvalue weighted by molar-refractivity contribution is 7.89. The maximum atomic E-state index is 12.4. The average Bonchev–Trinajstić information content (AvgIpc) is 3.03. The largest absolute Gasteiger partial charge is 0.377 e. The summed E-state index contributed by atoms with van der Waals surface area (Å²) in [6.45, 7) is 5.88. The topological polar surface area (TPSA) is 96.1 Å². The normalized spacial score (nSPS) is 19.6. The van der Waals surface area contributed by atoms with Crippen molar-refractivity contribution < 1.29 is 13.2 Å². The second kappa shape index (κ2) is 6.66. The Hall–Kier alpha value is -0.960. The predicted octanol–water partition coefficient (Wildman–Crippen LogP) is 0.285. The fourth-order valence-electron chi connectivity index (χ4n) is 2.27. The van der Waals surface area contributed by atoms with Crippen molar-refractivity contribution in [2.24, 2.45) is 0 Å². The minimum Gasteiger partial charge on any atom is -0.377 e. The molecule has 3 N–H and O–H groups in total. The monoisotopic (exact) mass is 302 g/mol. The van der Waals surface area contributed by atoms with Gasteiger partial charge in [0.25, 0.3) is 0 Å². The highest BCUT2D eigenvalue weighted by Gasteiger charge is 2.26. The van der Waals surface area contributed by atoms with E-state index in [0.717, 1.165) is 19.4 Å². The van der Waals surface area contributed by atoms with Crippen molar-refractivity contribution >= 4 is 10.0 Å². The Labute approximate surface area is 119 Å². The number of hydrogen-bond acceptors (Lipinski definition) is 5. The Balaban J connectivity index is 2.09. The van der Waals surface area contributed by atoms with Crippen LogP contribution in [0.4, 0.5) is 0 Å². The number of aromatic nitrogens is 2. The number of ether oxygens (including phenoxy) is 1. The quantitative estimate of drug-likeness (QED) is 0.672. The number of nitrogens with one attached hydrogen (secondary N) is 3. The first-order valence-corrected chi connectivity index (χ1v) is 8.38. The maximum absolute atomic E-state index is 12.4. The lowest BCUT2D eigenvalue weighted by atomic mass is 10.2. The smallest absolute Gasteiger partial charge is 0.244 e. The molecule has 0 spiro atoms. The zero-order chi connectivity index (χ0) is 14.6. The number of hydrogen-bond donors (Lipinski definition) is 3. The van der Waals surface area contributed by atoms with Crippen molar-refractivity contribution in [2.45, 2.75) is 44.2 Å². The molecule has 7 nitrogen and oxygen atoms in total. The summed E-state index contributed by atoms with van der Waals surface area (Å²) in [6, 6.07) is 0. The molecule has 2 heterocycles. The Kier molecular flexibility index (Phi) is 5.14. The van der Waals surface area contributed by atoms with Gasteiger partial charge in [-0.25, -0.2) is 13.1 Å². The maximum Gasteiger partial charge on any atom is 0.244 e. The molecule has 2 rings (SSSR count). The molecular formula is C12H22N4O3S. The summed E-state index contributed by atoms with van der Waals surface area (Å²) in [5.41, 5.74) is 1.07. The van der Waals surface area contributed by atoms with Crippen LogP contribution < -0.4 is 10.0 Å². The zero-order valence-corrected chi connectivity index (χ0v) is 12.7. The predicted molar refractivity (Wildman–Crippen MR) is 74.9 cm³/mol. The molecule has 0 saturated carbocycles. The van der Waals surface area contributed by atoms with Crippen molar-refractivity contribution in [1.29, 1.82) is 0 Å². The molecule has 8 heteroatoms. The minimum atomic E-state index is -3.56. The molecule has 1 saturated heterocycles. The molecule has 0 radical (unpaired) electrons. The number of sulfonamides is 1. The Morgan fingerprint density at radius 2 is 2.30 bits per heavy atom. The highest BCUT2D eigenvalue weighted by atomic mass is 32.2. The van der Waals surface area contributed by atoms with Crippen molar-refractivity contribution in [1.82, 2.24) is 20.2 Å². The van der Waals surface area contributed by atoms with Crippen LogP contribution in [-0.4, -0.2) is 44.4 Å². The fourth-order valence-corrected chi connectivity index (χ4v) is 3.70. The van der Waals surface area contributed by atoms with Gasteiger partial charge >= 0.3 is 0 Å². The van der Waals surface area contributed by atoms with Gasteiger partial charge in [-0.1, -0.05) is 6.92 Å². The minimum absolute atomic E-state index is 0.0193. The van der Waals surface area contributed by atoms with E-state index in [1.165, 1.54) is 0 Å². The second-order valence-corrected chi connectivity index (χ2v) is 6.60. The molecule has 1 fully saturated rings. The molecule has 1 aliphatic heterocycles. The van der Waals surface area contributed by atoms with Crippen molar-refractivity contribution in [2.75, 3.05) is 19.7 Å². The fraction of sp³-hybridized carbons (Fsp3) is 0.750. The molecule has 20 heavy (non-hydrogen) atoms. The lowest BCUT2D eigenvalue weighted by Gasteiger charge is -2.12. The van der Waals surface area contributed by atoms with Crippen LogP contribution >= 0.6 is 0 Å². The number of H-pyrrole nitrogens is 1. The Morgan fingerprint density at radius 1 is 1.50 bits per heavy atom. The van der Waals surface area contributed by atoms with Crippen LogP contribution in [0, 0.1) is 6.92 Å². The van der Waals surface area contributed by atoms with Gasteiger partial charge in [-0.2, -0.15) is 5.10 Å². The van der Waals surface area contributed by atoms with E-state index >= 15 is 0 Å². The summed E-state index contributed by atoms with van der Waals surface area (Å²) >= 11 is 0. The van der Waals surface area contributed by atoms with Gasteiger partial charge in [-0.05, 0) is 26.3 Å². The van der Waals surface area contributed by atoms with Gasteiger partial charge in [0.05, 0.1) is 17.5 Å². The standard InChI is InChI=1S/C12H22N4O3S/c1-3-13-8-11-12(9(2)15-16-11)20(17,18)14-7-10-5-4-6-19-10/h10,13-14H,3-8H2,1-2H3,(H,15,16). The van der Waals surface area contributed by atoms with E-state index in [4.69, 9.17) is 4.74 Å². The van der Waals surface area contributed by atoms with Gasteiger partial charge < -0.3 is 10.1 Å². The third-order valence-corrected chi connectivity index (χ3v) is 4.92. The molecule has 1 aliphatic rings. The first kappa shape index (κ1) is 15.4. The summed E-state index contributed by atoms with van der Waals surface area (Å²) in [5, 5.41) is 9.89. The van der Waals surface area contributed by atoms with E-state index in [-0.39, 0.29) is 11.0 Å². The van der Waals surface area contributed by atoms with E-state index in [0.29, 0.717) is 31.1 Å². The van der Waals surface area contributed by atoms with Crippen LogP contribution in [0.5, 0.6) is 0 Å². The van der Waals surface area contributed by atoms with Crippen LogP contribution in [0.25, 0.3) is 0 Å². The molecule has 0 amide bonds. The SMILES string of the molecule is CCNCc1n[nH]c(C)c1S(=O)(=O)NCC1CCCO1. The van der Waals surface area contributed by atoms with Crippen LogP contribution in [0.2, 0.25) is 0 Å². The van der Waals surface area contributed by atoms with Gasteiger partial charge in [-0.15, -0.1) is 0 Å². The van der Waals surface area contributed by atoms with Crippen molar-refractivity contribution in [3.63, 3.8) is 0 Å². The van der Waals surface area contributed by atoms with Gasteiger partial charge in [-0.3, -0.25) is 5.10 Å². The molecule has 0 bridgehead atoms. The zero-order valence-electron chi connectivity index (χ0n) is 11.9. The number of aromatic amines is 1. The summed E-state index contributed by atoms with van der Waals surface area (Å²) in [4.78, 5) is 0.247. The van der Waals surface area contributed by atoms with E-state index < -0.39 is 10.0 Å². The molecule has 114 valence electrons. The Morgan fingerprint density at radius 3 is 2.95 bits per heavy atom. The first-order valence-electron chi connectivity index (χ1n) is 6.90. The third kappa shape index (κ3) is 3.57. The molecule has 1 aromatic heterocycles. The molecule has 1 atom stereocenters. The average molecular weight is 302 g/mol. The van der Waals surface area contributed by atoms with Crippen LogP contribution in [0.1, 0.15) is 31.2 Å². The highest BCUT2D eigenvalue weighted by Crippen LogP contribution is 2.18. The van der Waals surface area contributed by atoms with E-state index in [9.17, 15) is 8.42 Å². The summed E-state index contributed by atoms with van der Waals surface area (Å²) in [5.74, 6) is 0. The molecule has 0 aliphatic carbocycles. The molecule has 0 aromatic carbocycles. The van der Waals surface area contributed by atoms with E-state index in [1.54, 1.807) is 6.92 Å². The third-order valence-electron chi connectivity index (χ3n) is 3.30. The van der Waals surface area contributed by atoms with Crippen molar-refractivity contribution in [3.05, 3.63) is 11.4 Å². The van der Waals surface area contributed by atoms with Gasteiger partial charge in [0.15, 0.2) is 0 Å². The van der Waals surface area contributed by atoms with E-state index in [1.807, 2.05) is 6.92 Å². The van der Waals surface area contributed by atoms with Crippen molar-refractivity contribution in [3.8, 4) is 0 Å². The molecular weight excluding hydrogens is 280 g/mol. The van der Waals surface area contributed by atoms with Gasteiger partial charge in [0, 0.05) is 19.7 Å². The molecule has 1 aromatic rings. The molecule has 1 unspecified atom stereocenters. The van der Waals surface area contributed by atoms with Crippen LogP contribution in [-0.2, 0) is 21.3 Å². The number of rotatable bonds is 7.